The third-order valence-electron chi connectivity index (χ3n) is 4.60. The Bertz CT molecular complexity index is 352. The molecule has 0 aromatic carbocycles. The van der Waals surface area contributed by atoms with E-state index >= 15 is 0 Å². The van der Waals surface area contributed by atoms with Crippen molar-refractivity contribution in [3.8, 4) is 0 Å². The molecule has 2 saturated carbocycles. The van der Waals surface area contributed by atoms with Crippen LogP contribution in [0.5, 0.6) is 0 Å². The highest BCUT2D eigenvalue weighted by molar-refractivity contribution is 7.90. The summed E-state index contributed by atoms with van der Waals surface area (Å²) in [5, 5.41) is 3.28. The van der Waals surface area contributed by atoms with Crippen molar-refractivity contribution in [1.29, 1.82) is 0 Å². The fraction of sp³-hybridized carbons (Fsp3) is 1.00. The molecule has 3 unspecified atom stereocenters. The first kappa shape index (κ1) is 12.4. The lowest BCUT2D eigenvalue weighted by molar-refractivity contribution is 0.155. The quantitative estimate of drug-likeness (QED) is 0.797. The molecule has 2 aliphatic carbocycles. The lowest BCUT2D eigenvalue weighted by atomic mass is 9.71. The number of fused-ring (bicyclic) bond motifs is 2. The van der Waals surface area contributed by atoms with E-state index in [0.29, 0.717) is 5.75 Å². The first-order valence-electron chi connectivity index (χ1n) is 6.27. The third kappa shape index (κ3) is 2.43. The number of rotatable bonds is 5. The Hall–Kier alpha value is -0.0900. The number of sulfone groups is 1. The molecule has 2 aliphatic rings. The minimum Gasteiger partial charge on any atom is -0.319 e. The van der Waals surface area contributed by atoms with Crippen LogP contribution >= 0.6 is 0 Å². The van der Waals surface area contributed by atoms with E-state index in [4.69, 9.17) is 0 Å². The predicted octanol–water partition coefficient (Wildman–Crippen LogP) is 1.45. The van der Waals surface area contributed by atoms with Crippen LogP contribution in [-0.4, -0.2) is 34.0 Å². The van der Waals surface area contributed by atoms with Gasteiger partial charge in [-0.3, -0.25) is 0 Å². The van der Waals surface area contributed by atoms with E-state index in [1.165, 1.54) is 31.9 Å². The summed E-state index contributed by atoms with van der Waals surface area (Å²) in [6.07, 6.45) is 7.48. The standard InChI is InChI=1S/C12H23NO2S/c1-13-9-12(5-6-16(2,14)15)8-10-3-4-11(12)7-10/h10-11,13H,3-9H2,1-2H3. The van der Waals surface area contributed by atoms with Gasteiger partial charge in [-0.25, -0.2) is 8.42 Å². The largest absolute Gasteiger partial charge is 0.319 e. The van der Waals surface area contributed by atoms with Crippen molar-refractivity contribution in [1.82, 2.24) is 5.32 Å². The van der Waals surface area contributed by atoms with Gasteiger partial charge in [-0.1, -0.05) is 6.42 Å². The highest BCUT2D eigenvalue weighted by Gasteiger charge is 2.50. The summed E-state index contributed by atoms with van der Waals surface area (Å²) < 4.78 is 22.6. The van der Waals surface area contributed by atoms with Crippen LogP contribution in [0.15, 0.2) is 0 Å². The maximum atomic E-state index is 11.3. The highest BCUT2D eigenvalue weighted by Crippen LogP contribution is 2.57. The van der Waals surface area contributed by atoms with Crippen LogP contribution in [0.3, 0.4) is 0 Å². The molecule has 0 aromatic heterocycles. The topological polar surface area (TPSA) is 46.2 Å². The van der Waals surface area contributed by atoms with E-state index in [1.807, 2.05) is 7.05 Å². The van der Waals surface area contributed by atoms with Crippen molar-refractivity contribution in [2.24, 2.45) is 17.3 Å². The van der Waals surface area contributed by atoms with Crippen LogP contribution in [0.2, 0.25) is 0 Å². The Balaban J connectivity index is 2.05. The smallest absolute Gasteiger partial charge is 0.147 e. The molecular weight excluding hydrogens is 222 g/mol. The lowest BCUT2D eigenvalue weighted by Gasteiger charge is -2.37. The first-order valence-corrected chi connectivity index (χ1v) is 8.33. The van der Waals surface area contributed by atoms with Crippen molar-refractivity contribution < 1.29 is 8.42 Å². The van der Waals surface area contributed by atoms with Crippen LogP contribution in [-0.2, 0) is 9.84 Å². The molecule has 0 saturated heterocycles. The second-order valence-corrected chi connectivity index (χ2v) is 8.11. The molecule has 0 aliphatic heterocycles. The van der Waals surface area contributed by atoms with Crippen LogP contribution in [0.1, 0.15) is 32.1 Å². The van der Waals surface area contributed by atoms with Crippen molar-refractivity contribution >= 4 is 9.84 Å². The Labute approximate surface area is 98.9 Å². The zero-order valence-electron chi connectivity index (χ0n) is 10.3. The SMILES string of the molecule is CNCC1(CCS(C)(=O)=O)CC2CCC1C2. The van der Waals surface area contributed by atoms with E-state index in [1.54, 1.807) is 0 Å². The second kappa shape index (κ2) is 4.30. The molecule has 0 spiro atoms. The number of nitrogens with one attached hydrogen (secondary N) is 1. The van der Waals surface area contributed by atoms with E-state index in [2.05, 4.69) is 5.32 Å². The summed E-state index contributed by atoms with van der Waals surface area (Å²) in [6, 6.07) is 0. The molecule has 2 rings (SSSR count). The molecule has 4 heteroatoms. The van der Waals surface area contributed by atoms with Gasteiger partial charge >= 0.3 is 0 Å². The van der Waals surface area contributed by atoms with E-state index in [-0.39, 0.29) is 5.41 Å². The summed E-state index contributed by atoms with van der Waals surface area (Å²) in [6.45, 7) is 0.990. The van der Waals surface area contributed by atoms with Crippen molar-refractivity contribution in [3.05, 3.63) is 0 Å². The van der Waals surface area contributed by atoms with Gasteiger partial charge in [-0.2, -0.15) is 0 Å². The lowest BCUT2D eigenvalue weighted by Crippen LogP contribution is -2.38. The van der Waals surface area contributed by atoms with Gasteiger partial charge < -0.3 is 5.32 Å². The predicted molar refractivity (Wildman–Crippen MR) is 66.1 cm³/mol. The number of hydrogen-bond donors (Lipinski definition) is 1. The molecule has 0 radical (unpaired) electrons. The Morgan fingerprint density at radius 2 is 2.12 bits per heavy atom. The van der Waals surface area contributed by atoms with Gasteiger partial charge in [-0.15, -0.1) is 0 Å². The van der Waals surface area contributed by atoms with Gasteiger partial charge in [0, 0.05) is 12.8 Å². The maximum Gasteiger partial charge on any atom is 0.147 e. The van der Waals surface area contributed by atoms with Gasteiger partial charge in [0.05, 0.1) is 5.75 Å². The minimum atomic E-state index is -2.81. The first-order chi connectivity index (χ1) is 7.45. The summed E-state index contributed by atoms with van der Waals surface area (Å²) in [7, 11) is -0.832. The minimum absolute atomic E-state index is 0.279. The monoisotopic (exact) mass is 245 g/mol. The van der Waals surface area contributed by atoms with Gasteiger partial charge in [0.2, 0.25) is 0 Å². The molecule has 3 atom stereocenters. The summed E-state index contributed by atoms with van der Waals surface area (Å²) >= 11 is 0. The van der Waals surface area contributed by atoms with Crippen LogP contribution < -0.4 is 5.32 Å². The average molecular weight is 245 g/mol. The molecule has 3 nitrogen and oxygen atoms in total. The van der Waals surface area contributed by atoms with Crippen molar-refractivity contribution in [3.63, 3.8) is 0 Å². The van der Waals surface area contributed by atoms with Gasteiger partial charge in [0.1, 0.15) is 9.84 Å². The Morgan fingerprint density at radius 3 is 2.56 bits per heavy atom. The van der Waals surface area contributed by atoms with Crippen LogP contribution in [0.4, 0.5) is 0 Å². The molecular formula is C12H23NO2S. The zero-order valence-corrected chi connectivity index (χ0v) is 11.1. The summed E-state index contributed by atoms with van der Waals surface area (Å²) in [5.41, 5.74) is 0.279. The fourth-order valence-corrected chi connectivity index (χ4v) is 4.69. The van der Waals surface area contributed by atoms with Crippen molar-refractivity contribution in [2.45, 2.75) is 32.1 Å². The summed E-state index contributed by atoms with van der Waals surface area (Å²) in [5.74, 6) is 2.00. The summed E-state index contributed by atoms with van der Waals surface area (Å²) in [4.78, 5) is 0. The molecule has 0 aromatic rings. The molecule has 16 heavy (non-hydrogen) atoms. The molecule has 2 fully saturated rings. The van der Waals surface area contributed by atoms with Crippen LogP contribution in [0.25, 0.3) is 0 Å². The second-order valence-electron chi connectivity index (χ2n) is 5.85. The fourth-order valence-electron chi connectivity index (χ4n) is 3.91. The molecule has 1 N–H and O–H groups in total. The van der Waals surface area contributed by atoms with Gasteiger partial charge in [0.15, 0.2) is 0 Å². The van der Waals surface area contributed by atoms with Crippen LogP contribution in [0, 0.1) is 17.3 Å². The van der Waals surface area contributed by atoms with E-state index < -0.39 is 9.84 Å². The Morgan fingerprint density at radius 1 is 1.38 bits per heavy atom. The molecule has 94 valence electrons. The van der Waals surface area contributed by atoms with Gasteiger partial charge in [-0.05, 0) is 50.0 Å². The van der Waals surface area contributed by atoms with E-state index in [9.17, 15) is 8.42 Å². The van der Waals surface area contributed by atoms with Crippen molar-refractivity contribution in [2.75, 3.05) is 25.6 Å². The van der Waals surface area contributed by atoms with Gasteiger partial charge in [0.25, 0.3) is 0 Å². The molecule has 0 heterocycles. The average Bonchev–Trinajstić information content (AvgIpc) is 2.74. The molecule has 2 bridgehead atoms. The number of hydrogen-bond acceptors (Lipinski definition) is 3. The maximum absolute atomic E-state index is 11.3. The van der Waals surface area contributed by atoms with E-state index in [0.717, 1.165) is 24.8 Å². The highest BCUT2D eigenvalue weighted by atomic mass is 32.2. The normalized spacial score (nSPS) is 38.1. The zero-order chi connectivity index (χ0) is 11.8. The Kier molecular flexibility index (Phi) is 3.32. The molecule has 0 amide bonds. The third-order valence-corrected chi connectivity index (χ3v) is 5.55.